The molecule has 1 atom stereocenters. The first-order valence-electron chi connectivity index (χ1n) is 6.03. The smallest absolute Gasteiger partial charge is 0.339 e. The lowest BCUT2D eigenvalue weighted by atomic mass is 10.1. The highest BCUT2D eigenvalue weighted by molar-refractivity contribution is 5.88. The summed E-state index contributed by atoms with van der Waals surface area (Å²) in [7, 11) is 1.76. The van der Waals surface area contributed by atoms with Gasteiger partial charge in [0.15, 0.2) is 0 Å². The van der Waals surface area contributed by atoms with E-state index in [2.05, 4.69) is 24.3 Å². The number of aryl methyl sites for hydroxylation is 1. The molecule has 0 spiro atoms. The van der Waals surface area contributed by atoms with Crippen LogP contribution in [0.4, 0.5) is 0 Å². The summed E-state index contributed by atoms with van der Waals surface area (Å²) < 4.78 is 1.61. The molecule has 0 aliphatic heterocycles. The standard InChI is InChI=1S/C12H21N3O2/c1-4-5-6-9(2)13-8-11-10(12(16)17)7-14-15(11)3/h7,9,13H,4-6,8H2,1-3H3,(H,16,17). The lowest BCUT2D eigenvalue weighted by molar-refractivity contribution is 0.0695. The molecule has 5 nitrogen and oxygen atoms in total. The molecule has 0 radical (unpaired) electrons. The minimum Gasteiger partial charge on any atom is -0.478 e. The van der Waals surface area contributed by atoms with Crippen LogP contribution in [0.2, 0.25) is 0 Å². The van der Waals surface area contributed by atoms with Gasteiger partial charge in [-0.15, -0.1) is 0 Å². The van der Waals surface area contributed by atoms with Crippen LogP contribution in [-0.4, -0.2) is 26.9 Å². The van der Waals surface area contributed by atoms with Crippen molar-refractivity contribution in [1.29, 1.82) is 0 Å². The molecule has 2 N–H and O–H groups in total. The van der Waals surface area contributed by atoms with E-state index >= 15 is 0 Å². The largest absolute Gasteiger partial charge is 0.478 e. The van der Waals surface area contributed by atoms with Gasteiger partial charge in [0, 0.05) is 19.6 Å². The summed E-state index contributed by atoms with van der Waals surface area (Å²) in [5.74, 6) is -0.920. The first kappa shape index (κ1) is 13.7. The molecule has 0 saturated heterocycles. The van der Waals surface area contributed by atoms with Crippen LogP contribution in [-0.2, 0) is 13.6 Å². The summed E-state index contributed by atoms with van der Waals surface area (Å²) in [6.45, 7) is 4.83. The summed E-state index contributed by atoms with van der Waals surface area (Å²) in [5, 5.41) is 16.3. The first-order valence-corrected chi connectivity index (χ1v) is 6.03. The Kier molecular flexibility index (Phi) is 5.15. The van der Waals surface area contributed by atoms with Crippen LogP contribution in [0.15, 0.2) is 6.20 Å². The van der Waals surface area contributed by atoms with Crippen molar-refractivity contribution in [3.63, 3.8) is 0 Å². The summed E-state index contributed by atoms with van der Waals surface area (Å²) in [4.78, 5) is 11.0. The van der Waals surface area contributed by atoms with Crippen LogP contribution in [0.1, 0.15) is 49.2 Å². The zero-order valence-electron chi connectivity index (χ0n) is 10.7. The van der Waals surface area contributed by atoms with Gasteiger partial charge in [0.2, 0.25) is 0 Å². The van der Waals surface area contributed by atoms with Crippen LogP contribution in [0.3, 0.4) is 0 Å². The molecule has 1 rings (SSSR count). The van der Waals surface area contributed by atoms with Crippen molar-refractivity contribution < 1.29 is 9.90 Å². The van der Waals surface area contributed by atoms with Crippen molar-refractivity contribution in [3.8, 4) is 0 Å². The number of nitrogens with one attached hydrogen (secondary N) is 1. The maximum absolute atomic E-state index is 11.0. The summed E-state index contributed by atoms with van der Waals surface area (Å²) in [5.41, 5.74) is 1.00. The first-order chi connectivity index (χ1) is 8.06. The number of carbonyl (C=O) groups is 1. The molecule has 0 aliphatic rings. The average Bonchev–Trinajstić information content (AvgIpc) is 2.65. The van der Waals surface area contributed by atoms with Gasteiger partial charge in [-0.05, 0) is 13.3 Å². The van der Waals surface area contributed by atoms with Crippen molar-refractivity contribution in [1.82, 2.24) is 15.1 Å². The Bertz CT molecular complexity index is 374. The predicted molar refractivity (Wildman–Crippen MR) is 66.0 cm³/mol. The summed E-state index contributed by atoms with van der Waals surface area (Å²) in [6, 6.07) is 0.395. The molecule has 96 valence electrons. The van der Waals surface area contributed by atoms with Crippen molar-refractivity contribution in [2.75, 3.05) is 0 Å². The van der Waals surface area contributed by atoms with E-state index in [9.17, 15) is 4.79 Å². The van der Waals surface area contributed by atoms with E-state index in [1.807, 2.05) is 0 Å². The van der Waals surface area contributed by atoms with Crippen LogP contribution < -0.4 is 5.32 Å². The fraction of sp³-hybridized carbons (Fsp3) is 0.667. The monoisotopic (exact) mass is 239 g/mol. The lowest BCUT2D eigenvalue weighted by Gasteiger charge is -2.13. The number of rotatable bonds is 7. The molecule has 1 aromatic rings. The van der Waals surface area contributed by atoms with Crippen LogP contribution in [0.5, 0.6) is 0 Å². The van der Waals surface area contributed by atoms with Crippen LogP contribution in [0, 0.1) is 0 Å². The number of hydrogen-bond acceptors (Lipinski definition) is 3. The van der Waals surface area contributed by atoms with E-state index in [4.69, 9.17) is 5.11 Å². The fourth-order valence-corrected chi connectivity index (χ4v) is 1.73. The second-order valence-corrected chi connectivity index (χ2v) is 4.36. The van der Waals surface area contributed by atoms with Crippen molar-refractivity contribution in [2.24, 2.45) is 7.05 Å². The minimum atomic E-state index is -0.920. The van der Waals surface area contributed by atoms with E-state index < -0.39 is 5.97 Å². The number of hydrogen-bond donors (Lipinski definition) is 2. The fourth-order valence-electron chi connectivity index (χ4n) is 1.73. The van der Waals surface area contributed by atoms with Gasteiger partial charge >= 0.3 is 5.97 Å². The number of aromatic nitrogens is 2. The lowest BCUT2D eigenvalue weighted by Crippen LogP contribution is -2.27. The Balaban J connectivity index is 2.56. The molecule has 1 heterocycles. The summed E-state index contributed by atoms with van der Waals surface area (Å²) >= 11 is 0. The third-order valence-corrected chi connectivity index (χ3v) is 2.90. The van der Waals surface area contributed by atoms with Crippen molar-refractivity contribution >= 4 is 5.97 Å². The predicted octanol–water partition coefficient (Wildman–Crippen LogP) is 1.79. The maximum Gasteiger partial charge on any atom is 0.339 e. The average molecular weight is 239 g/mol. The Morgan fingerprint density at radius 2 is 2.35 bits per heavy atom. The second kappa shape index (κ2) is 6.39. The molecule has 0 saturated carbocycles. The Morgan fingerprint density at radius 1 is 1.65 bits per heavy atom. The molecule has 0 amide bonds. The quantitative estimate of drug-likeness (QED) is 0.761. The molecule has 1 aromatic heterocycles. The zero-order valence-corrected chi connectivity index (χ0v) is 10.7. The van der Waals surface area contributed by atoms with Gasteiger partial charge in [0.05, 0.1) is 11.9 Å². The third kappa shape index (κ3) is 3.85. The van der Waals surface area contributed by atoms with E-state index in [1.165, 1.54) is 19.0 Å². The van der Waals surface area contributed by atoms with Crippen molar-refractivity contribution in [3.05, 3.63) is 17.5 Å². The van der Waals surface area contributed by atoms with Gasteiger partial charge in [0.1, 0.15) is 5.56 Å². The van der Waals surface area contributed by atoms with E-state index in [-0.39, 0.29) is 5.56 Å². The summed E-state index contributed by atoms with van der Waals surface area (Å²) in [6.07, 6.45) is 4.87. The van der Waals surface area contributed by atoms with E-state index in [0.717, 1.165) is 12.1 Å². The molecule has 17 heavy (non-hydrogen) atoms. The van der Waals surface area contributed by atoms with Crippen LogP contribution in [0.25, 0.3) is 0 Å². The minimum absolute atomic E-state index is 0.280. The Hall–Kier alpha value is -1.36. The molecule has 0 fully saturated rings. The molecule has 5 heteroatoms. The molecular weight excluding hydrogens is 218 g/mol. The van der Waals surface area contributed by atoms with E-state index in [1.54, 1.807) is 11.7 Å². The highest BCUT2D eigenvalue weighted by Crippen LogP contribution is 2.08. The van der Waals surface area contributed by atoms with Crippen LogP contribution >= 0.6 is 0 Å². The van der Waals surface area contributed by atoms with E-state index in [0.29, 0.717) is 12.6 Å². The van der Waals surface area contributed by atoms with Gasteiger partial charge in [-0.25, -0.2) is 4.79 Å². The SMILES string of the molecule is CCCCC(C)NCc1c(C(=O)O)cnn1C. The van der Waals surface area contributed by atoms with Gasteiger partial charge < -0.3 is 10.4 Å². The van der Waals surface area contributed by atoms with Gasteiger partial charge in [-0.2, -0.15) is 5.10 Å². The zero-order chi connectivity index (χ0) is 12.8. The number of unbranched alkanes of at least 4 members (excludes halogenated alkanes) is 1. The normalized spacial score (nSPS) is 12.6. The Morgan fingerprint density at radius 3 is 2.94 bits per heavy atom. The number of aromatic carboxylic acids is 1. The topological polar surface area (TPSA) is 67.2 Å². The number of carboxylic acid groups (broad SMARTS) is 1. The van der Waals surface area contributed by atoms with Gasteiger partial charge in [-0.1, -0.05) is 19.8 Å². The molecule has 0 bridgehead atoms. The highest BCUT2D eigenvalue weighted by Gasteiger charge is 2.15. The molecular formula is C12H21N3O2. The number of nitrogens with zero attached hydrogens (tertiary/aromatic N) is 2. The van der Waals surface area contributed by atoms with Gasteiger partial charge in [-0.3, -0.25) is 4.68 Å². The Labute approximate surface area is 102 Å². The molecule has 1 unspecified atom stereocenters. The molecule has 0 aromatic carbocycles. The van der Waals surface area contributed by atoms with Gasteiger partial charge in [0.25, 0.3) is 0 Å². The molecule has 0 aliphatic carbocycles. The number of carboxylic acids is 1. The van der Waals surface area contributed by atoms with Crippen molar-refractivity contribution in [2.45, 2.75) is 45.7 Å². The maximum atomic E-state index is 11.0. The third-order valence-electron chi connectivity index (χ3n) is 2.90. The second-order valence-electron chi connectivity index (χ2n) is 4.36. The highest BCUT2D eigenvalue weighted by atomic mass is 16.4.